The first kappa shape index (κ1) is 13.2. The SMILES string of the molecule is C=C(C(=O)c1ccccc1)S(=O)(=O)c1ccccc1. The molecule has 0 bridgehead atoms. The highest BCUT2D eigenvalue weighted by molar-refractivity contribution is 7.96. The monoisotopic (exact) mass is 272 g/mol. The molecule has 3 nitrogen and oxygen atoms in total. The second-order valence-corrected chi connectivity index (χ2v) is 5.91. The van der Waals surface area contributed by atoms with Crippen LogP contribution in [0, 0.1) is 0 Å². The van der Waals surface area contributed by atoms with Gasteiger partial charge in [-0.2, -0.15) is 0 Å². The first-order valence-electron chi connectivity index (χ1n) is 5.62. The first-order valence-corrected chi connectivity index (χ1v) is 7.10. The highest BCUT2D eigenvalue weighted by Crippen LogP contribution is 2.20. The van der Waals surface area contributed by atoms with Crippen molar-refractivity contribution >= 4 is 15.6 Å². The quantitative estimate of drug-likeness (QED) is 0.635. The van der Waals surface area contributed by atoms with Gasteiger partial charge in [-0.05, 0) is 12.1 Å². The Morgan fingerprint density at radius 1 is 0.842 bits per heavy atom. The molecule has 0 amide bonds. The summed E-state index contributed by atoms with van der Waals surface area (Å²) in [6, 6.07) is 16.0. The smallest absolute Gasteiger partial charge is 0.209 e. The van der Waals surface area contributed by atoms with Gasteiger partial charge in [-0.3, -0.25) is 4.79 Å². The van der Waals surface area contributed by atoms with E-state index >= 15 is 0 Å². The third-order valence-electron chi connectivity index (χ3n) is 2.67. The van der Waals surface area contributed by atoms with Gasteiger partial charge in [0.25, 0.3) is 0 Å². The van der Waals surface area contributed by atoms with Crippen LogP contribution in [0.2, 0.25) is 0 Å². The maximum atomic E-state index is 12.2. The van der Waals surface area contributed by atoms with Crippen molar-refractivity contribution in [2.75, 3.05) is 0 Å². The Hall–Kier alpha value is -2.20. The molecule has 0 unspecified atom stereocenters. The number of hydrogen-bond acceptors (Lipinski definition) is 3. The number of rotatable bonds is 4. The molecule has 96 valence electrons. The van der Waals surface area contributed by atoms with Crippen LogP contribution in [-0.2, 0) is 9.84 Å². The number of hydrogen-bond donors (Lipinski definition) is 0. The maximum Gasteiger partial charge on any atom is 0.209 e. The zero-order valence-corrected chi connectivity index (χ0v) is 10.9. The van der Waals surface area contributed by atoms with Crippen LogP contribution >= 0.6 is 0 Å². The third kappa shape index (κ3) is 2.63. The number of benzene rings is 2. The van der Waals surface area contributed by atoms with E-state index in [-0.39, 0.29) is 4.90 Å². The molecule has 2 aromatic rings. The number of allylic oxidation sites excluding steroid dienone is 1. The van der Waals surface area contributed by atoms with Crippen molar-refractivity contribution in [1.29, 1.82) is 0 Å². The molecule has 0 spiro atoms. The van der Waals surface area contributed by atoms with Crippen molar-refractivity contribution < 1.29 is 13.2 Å². The Kier molecular flexibility index (Phi) is 3.62. The number of Topliss-reactive ketones (excluding diaryl/α,β-unsaturated/α-hetero) is 1. The molecule has 0 aliphatic carbocycles. The molecule has 0 aliphatic heterocycles. The lowest BCUT2D eigenvalue weighted by Crippen LogP contribution is -2.13. The molecule has 0 saturated heterocycles. The van der Waals surface area contributed by atoms with Gasteiger partial charge in [-0.15, -0.1) is 0 Å². The second-order valence-electron chi connectivity index (χ2n) is 3.93. The van der Waals surface area contributed by atoms with E-state index in [1.54, 1.807) is 48.5 Å². The van der Waals surface area contributed by atoms with Gasteiger partial charge in [0.1, 0.15) is 4.91 Å². The number of carbonyl (C=O) groups excluding carboxylic acids is 1. The zero-order chi connectivity index (χ0) is 13.9. The van der Waals surface area contributed by atoms with Crippen molar-refractivity contribution in [3.05, 3.63) is 77.7 Å². The normalized spacial score (nSPS) is 10.9. The summed E-state index contributed by atoms with van der Waals surface area (Å²) >= 11 is 0. The van der Waals surface area contributed by atoms with Crippen LogP contribution in [0.15, 0.2) is 77.0 Å². The van der Waals surface area contributed by atoms with E-state index in [1.807, 2.05) is 0 Å². The van der Waals surface area contributed by atoms with Crippen LogP contribution in [0.3, 0.4) is 0 Å². The van der Waals surface area contributed by atoms with E-state index in [4.69, 9.17) is 0 Å². The minimum atomic E-state index is -3.83. The van der Waals surface area contributed by atoms with E-state index in [0.29, 0.717) is 5.56 Å². The van der Waals surface area contributed by atoms with Crippen LogP contribution in [0.1, 0.15) is 10.4 Å². The van der Waals surface area contributed by atoms with Gasteiger partial charge < -0.3 is 0 Å². The molecule has 0 radical (unpaired) electrons. The summed E-state index contributed by atoms with van der Waals surface area (Å²) in [5, 5.41) is 0. The molecule has 2 rings (SSSR count). The average Bonchev–Trinajstić information content (AvgIpc) is 2.47. The third-order valence-corrected chi connectivity index (χ3v) is 4.39. The fourth-order valence-corrected chi connectivity index (χ4v) is 2.78. The minimum absolute atomic E-state index is 0.0734. The molecule has 0 aromatic heterocycles. The van der Waals surface area contributed by atoms with Crippen LogP contribution in [0.4, 0.5) is 0 Å². The number of ketones is 1. The van der Waals surface area contributed by atoms with Crippen molar-refractivity contribution in [1.82, 2.24) is 0 Å². The van der Waals surface area contributed by atoms with Crippen molar-refractivity contribution in [3.63, 3.8) is 0 Å². The van der Waals surface area contributed by atoms with E-state index in [9.17, 15) is 13.2 Å². The van der Waals surface area contributed by atoms with Gasteiger partial charge in [0.15, 0.2) is 0 Å². The van der Waals surface area contributed by atoms with Crippen molar-refractivity contribution in [3.8, 4) is 0 Å². The van der Waals surface area contributed by atoms with Gasteiger partial charge in [0.2, 0.25) is 15.6 Å². The van der Waals surface area contributed by atoms with Gasteiger partial charge in [0, 0.05) is 5.56 Å². The molecule has 2 aromatic carbocycles. The highest BCUT2D eigenvalue weighted by Gasteiger charge is 2.25. The van der Waals surface area contributed by atoms with E-state index in [0.717, 1.165) is 0 Å². The highest BCUT2D eigenvalue weighted by atomic mass is 32.2. The van der Waals surface area contributed by atoms with Crippen LogP contribution in [-0.4, -0.2) is 14.2 Å². The summed E-state index contributed by atoms with van der Waals surface area (Å²) in [5.74, 6) is -0.579. The number of sulfone groups is 1. The lowest BCUT2D eigenvalue weighted by Gasteiger charge is -2.06. The van der Waals surface area contributed by atoms with Gasteiger partial charge in [0.05, 0.1) is 4.90 Å². The fraction of sp³-hybridized carbons (Fsp3) is 0. The Morgan fingerprint density at radius 2 is 1.32 bits per heavy atom. The van der Waals surface area contributed by atoms with Crippen LogP contribution in [0.25, 0.3) is 0 Å². The Labute approximate surface area is 112 Å². The predicted octanol–water partition coefficient (Wildman–Crippen LogP) is 2.86. The zero-order valence-electron chi connectivity index (χ0n) is 10.1. The van der Waals surface area contributed by atoms with Crippen molar-refractivity contribution in [2.45, 2.75) is 4.90 Å². The van der Waals surface area contributed by atoms with E-state index in [2.05, 4.69) is 6.58 Å². The van der Waals surface area contributed by atoms with Gasteiger partial charge >= 0.3 is 0 Å². The summed E-state index contributed by atoms with van der Waals surface area (Å²) in [6.45, 7) is 3.44. The standard InChI is InChI=1S/C15H12O3S/c1-12(15(16)13-8-4-2-5-9-13)19(17,18)14-10-6-3-7-11-14/h2-11H,1H2. The van der Waals surface area contributed by atoms with Crippen molar-refractivity contribution in [2.24, 2.45) is 0 Å². The molecule has 0 atom stereocenters. The molecule has 0 N–H and O–H groups in total. The van der Waals surface area contributed by atoms with Crippen LogP contribution < -0.4 is 0 Å². The minimum Gasteiger partial charge on any atom is -0.288 e. The predicted molar refractivity (Wildman–Crippen MR) is 73.5 cm³/mol. The lowest BCUT2D eigenvalue weighted by atomic mass is 10.1. The first-order chi connectivity index (χ1) is 9.03. The lowest BCUT2D eigenvalue weighted by molar-refractivity contribution is 0.104. The summed E-state index contributed by atoms with van der Waals surface area (Å²) in [6.07, 6.45) is 0. The molecule has 19 heavy (non-hydrogen) atoms. The van der Waals surface area contributed by atoms with Gasteiger partial charge in [-0.1, -0.05) is 55.1 Å². The molecule has 0 heterocycles. The maximum absolute atomic E-state index is 12.2. The molecule has 0 saturated carbocycles. The average molecular weight is 272 g/mol. The molecular formula is C15H12O3S. The molecular weight excluding hydrogens is 260 g/mol. The molecule has 0 fully saturated rings. The second kappa shape index (κ2) is 5.20. The van der Waals surface area contributed by atoms with Crippen LogP contribution in [0.5, 0.6) is 0 Å². The summed E-state index contributed by atoms with van der Waals surface area (Å²) in [7, 11) is -3.83. The summed E-state index contributed by atoms with van der Waals surface area (Å²) in [4.78, 5) is 11.7. The Morgan fingerprint density at radius 3 is 1.84 bits per heavy atom. The molecule has 0 aliphatic rings. The topological polar surface area (TPSA) is 51.2 Å². The molecule has 4 heteroatoms. The van der Waals surface area contributed by atoms with E-state index in [1.165, 1.54) is 12.1 Å². The Balaban J connectivity index is 2.38. The Bertz CT molecular complexity index is 702. The summed E-state index contributed by atoms with van der Waals surface area (Å²) < 4.78 is 24.5. The largest absolute Gasteiger partial charge is 0.288 e. The number of carbonyl (C=O) groups is 1. The fourth-order valence-electron chi connectivity index (χ4n) is 1.61. The summed E-state index contributed by atoms with van der Waals surface area (Å²) in [5.41, 5.74) is 0.312. The van der Waals surface area contributed by atoms with Gasteiger partial charge in [-0.25, -0.2) is 8.42 Å². The van der Waals surface area contributed by atoms with E-state index < -0.39 is 20.5 Å².